The molecular weight excluding hydrogens is 190 g/mol. The number of ether oxygens (including phenoxy) is 1. The van der Waals surface area contributed by atoms with Crippen molar-refractivity contribution < 1.29 is 14.4 Å². The second-order valence-corrected chi connectivity index (χ2v) is 3.90. The molecule has 0 atom stereocenters. The predicted octanol–water partition coefficient (Wildman–Crippen LogP) is -0.0858. The van der Waals surface area contributed by atoms with Gasteiger partial charge in [-0.15, -0.1) is 0 Å². The molecule has 0 radical (unpaired) electrons. The maximum absolute atomic E-state index is 10.5. The van der Waals surface area contributed by atoms with Gasteiger partial charge in [-0.2, -0.15) is 0 Å². The topological polar surface area (TPSA) is 30.7 Å². The lowest BCUT2D eigenvalue weighted by Gasteiger charge is -2.23. The van der Waals surface area contributed by atoms with Crippen molar-refractivity contribution in [3.63, 3.8) is 0 Å². The molecule has 0 aliphatic carbocycles. The average molecular weight is 206 g/mol. The third-order valence-corrected chi connectivity index (χ3v) is 2.77. The predicted molar refractivity (Wildman–Crippen MR) is 57.0 cm³/mol. The van der Waals surface area contributed by atoms with Gasteiger partial charge in [0.15, 0.2) is 0 Å². The zero-order valence-electron chi connectivity index (χ0n) is 8.74. The number of rotatable bonds is 3. The fourth-order valence-electron chi connectivity index (χ4n) is 1.84. The lowest BCUT2D eigenvalue weighted by atomic mass is 10.1. The van der Waals surface area contributed by atoms with E-state index in [9.17, 15) is 4.79 Å². The zero-order valence-corrected chi connectivity index (χ0v) is 8.74. The summed E-state index contributed by atoms with van der Waals surface area (Å²) in [6, 6.07) is 7.82. The van der Waals surface area contributed by atoms with Gasteiger partial charge in [-0.25, -0.2) is 0 Å². The van der Waals surface area contributed by atoms with Crippen LogP contribution in [0.5, 0.6) is 0 Å². The summed E-state index contributed by atoms with van der Waals surface area (Å²) in [4.78, 5) is 12.0. The summed E-state index contributed by atoms with van der Waals surface area (Å²) in [5, 5.41) is 0. The maximum atomic E-state index is 10.5. The third-order valence-electron chi connectivity index (χ3n) is 2.77. The van der Waals surface area contributed by atoms with E-state index >= 15 is 0 Å². The number of benzene rings is 1. The molecule has 3 nitrogen and oxygen atoms in total. The van der Waals surface area contributed by atoms with E-state index in [-0.39, 0.29) is 0 Å². The highest BCUT2D eigenvalue weighted by Gasteiger charge is 2.13. The molecule has 1 aliphatic heterocycles. The largest absolute Gasteiger partial charge is 0.370 e. The van der Waals surface area contributed by atoms with Gasteiger partial charge in [0.2, 0.25) is 0 Å². The summed E-state index contributed by atoms with van der Waals surface area (Å²) in [5.41, 5.74) is 2.04. The normalized spacial score (nSPS) is 17.6. The molecular formula is C12H16NO2+. The summed E-state index contributed by atoms with van der Waals surface area (Å²) in [5.74, 6) is 0. The monoisotopic (exact) mass is 206 g/mol. The van der Waals surface area contributed by atoms with Crippen LogP contribution in [0, 0.1) is 0 Å². The summed E-state index contributed by atoms with van der Waals surface area (Å²) in [6.45, 7) is 4.91. The molecule has 0 spiro atoms. The van der Waals surface area contributed by atoms with Crippen molar-refractivity contribution in [1.82, 2.24) is 0 Å². The Bertz CT molecular complexity index is 315. The molecule has 0 unspecified atom stereocenters. The molecule has 80 valence electrons. The molecule has 1 saturated heterocycles. The number of hydrogen-bond acceptors (Lipinski definition) is 2. The zero-order chi connectivity index (χ0) is 10.5. The minimum Gasteiger partial charge on any atom is -0.370 e. The van der Waals surface area contributed by atoms with E-state index in [1.54, 1.807) is 4.90 Å². The Hall–Kier alpha value is -1.19. The molecule has 1 aromatic carbocycles. The number of quaternary nitrogens is 1. The highest BCUT2D eigenvalue weighted by Crippen LogP contribution is 2.00. The van der Waals surface area contributed by atoms with Crippen molar-refractivity contribution in [3.8, 4) is 0 Å². The van der Waals surface area contributed by atoms with Crippen LogP contribution < -0.4 is 4.90 Å². The Morgan fingerprint density at radius 2 is 1.87 bits per heavy atom. The van der Waals surface area contributed by atoms with Crippen molar-refractivity contribution >= 4 is 6.29 Å². The van der Waals surface area contributed by atoms with Crippen molar-refractivity contribution in [2.75, 3.05) is 26.3 Å². The van der Waals surface area contributed by atoms with Crippen LogP contribution in [0.3, 0.4) is 0 Å². The fraction of sp³-hybridized carbons (Fsp3) is 0.417. The Balaban J connectivity index is 1.94. The highest BCUT2D eigenvalue weighted by molar-refractivity contribution is 5.74. The van der Waals surface area contributed by atoms with Crippen molar-refractivity contribution in [3.05, 3.63) is 35.4 Å². The molecule has 0 saturated carbocycles. The lowest BCUT2D eigenvalue weighted by Crippen LogP contribution is -3.12. The molecule has 2 rings (SSSR count). The van der Waals surface area contributed by atoms with Crippen LogP contribution in [0.2, 0.25) is 0 Å². The minimum absolute atomic E-state index is 0.746. The molecule has 15 heavy (non-hydrogen) atoms. The van der Waals surface area contributed by atoms with Gasteiger partial charge in [-0.1, -0.05) is 24.3 Å². The number of hydrogen-bond donors (Lipinski definition) is 1. The second kappa shape index (κ2) is 5.05. The summed E-state index contributed by atoms with van der Waals surface area (Å²) >= 11 is 0. The first kappa shape index (κ1) is 10.3. The van der Waals surface area contributed by atoms with E-state index in [0.717, 1.165) is 44.7 Å². The third kappa shape index (κ3) is 2.88. The van der Waals surface area contributed by atoms with Crippen LogP contribution >= 0.6 is 0 Å². The molecule has 1 N–H and O–H groups in total. The van der Waals surface area contributed by atoms with E-state index in [1.165, 1.54) is 5.56 Å². The highest BCUT2D eigenvalue weighted by atomic mass is 16.5. The summed E-state index contributed by atoms with van der Waals surface area (Å²) in [6.07, 6.45) is 0.880. The van der Waals surface area contributed by atoms with Gasteiger partial charge in [-0.3, -0.25) is 4.79 Å². The SMILES string of the molecule is O=Cc1ccc(C[NH+]2CCOCC2)cc1. The number of aldehydes is 1. The van der Waals surface area contributed by atoms with Crippen molar-refractivity contribution in [1.29, 1.82) is 0 Å². The van der Waals surface area contributed by atoms with Gasteiger partial charge in [0.1, 0.15) is 25.9 Å². The van der Waals surface area contributed by atoms with Gasteiger partial charge >= 0.3 is 0 Å². The van der Waals surface area contributed by atoms with Crippen molar-refractivity contribution in [2.45, 2.75) is 6.54 Å². The van der Waals surface area contributed by atoms with Crippen molar-refractivity contribution in [2.24, 2.45) is 0 Å². The molecule has 1 heterocycles. The first-order chi connectivity index (χ1) is 7.38. The van der Waals surface area contributed by atoms with Gasteiger partial charge in [0.25, 0.3) is 0 Å². The summed E-state index contributed by atoms with van der Waals surface area (Å²) in [7, 11) is 0. The second-order valence-electron chi connectivity index (χ2n) is 3.90. The van der Waals surface area contributed by atoms with Crippen LogP contribution in [-0.4, -0.2) is 32.6 Å². The van der Waals surface area contributed by atoms with E-state index in [0.29, 0.717) is 0 Å². The quantitative estimate of drug-likeness (QED) is 0.701. The summed E-state index contributed by atoms with van der Waals surface area (Å²) < 4.78 is 5.31. The minimum atomic E-state index is 0.746. The maximum Gasteiger partial charge on any atom is 0.150 e. The Morgan fingerprint density at radius 3 is 2.47 bits per heavy atom. The Labute approximate surface area is 89.7 Å². The fourth-order valence-corrected chi connectivity index (χ4v) is 1.84. The molecule has 1 aromatic rings. The van der Waals surface area contributed by atoms with E-state index < -0.39 is 0 Å². The van der Waals surface area contributed by atoms with Crippen LogP contribution in [0.4, 0.5) is 0 Å². The molecule has 1 fully saturated rings. The van der Waals surface area contributed by atoms with E-state index in [2.05, 4.69) is 0 Å². The van der Waals surface area contributed by atoms with E-state index in [1.807, 2.05) is 24.3 Å². The molecule has 0 amide bonds. The lowest BCUT2D eigenvalue weighted by molar-refractivity contribution is -0.921. The standard InChI is InChI=1S/C12H15NO2/c14-10-12-3-1-11(2-4-12)9-13-5-7-15-8-6-13/h1-4,10H,5-9H2/p+1. The van der Waals surface area contributed by atoms with Crippen LogP contribution in [0.15, 0.2) is 24.3 Å². The number of carbonyl (C=O) groups is 1. The van der Waals surface area contributed by atoms with Gasteiger partial charge in [0.05, 0.1) is 13.2 Å². The smallest absolute Gasteiger partial charge is 0.150 e. The van der Waals surface area contributed by atoms with Crippen LogP contribution in [0.25, 0.3) is 0 Å². The van der Waals surface area contributed by atoms with E-state index in [4.69, 9.17) is 4.74 Å². The first-order valence-electron chi connectivity index (χ1n) is 5.34. The Morgan fingerprint density at radius 1 is 1.20 bits per heavy atom. The molecule has 1 aliphatic rings. The number of nitrogens with one attached hydrogen (secondary N) is 1. The Kier molecular flexibility index (Phi) is 3.48. The van der Waals surface area contributed by atoms with Gasteiger partial charge < -0.3 is 9.64 Å². The number of morpholine rings is 1. The number of carbonyl (C=O) groups excluding carboxylic acids is 1. The first-order valence-corrected chi connectivity index (χ1v) is 5.34. The molecule has 3 heteroatoms. The molecule has 0 bridgehead atoms. The molecule has 0 aromatic heterocycles. The van der Waals surface area contributed by atoms with Crippen LogP contribution in [0.1, 0.15) is 15.9 Å². The average Bonchev–Trinajstić information content (AvgIpc) is 2.31. The van der Waals surface area contributed by atoms with Gasteiger partial charge in [0, 0.05) is 11.1 Å². The van der Waals surface area contributed by atoms with Gasteiger partial charge in [-0.05, 0) is 0 Å². The van der Waals surface area contributed by atoms with Crippen LogP contribution in [-0.2, 0) is 11.3 Å².